The Balaban J connectivity index is 1.28. The number of benzene rings is 8. The zero-order valence-corrected chi connectivity index (χ0v) is 26.9. The molecule has 0 amide bonds. The number of fused-ring (bicyclic) bond motifs is 10. The predicted molar refractivity (Wildman–Crippen MR) is 205 cm³/mol. The summed E-state index contributed by atoms with van der Waals surface area (Å²) in [6, 6.07) is 58.1. The van der Waals surface area contributed by atoms with Crippen molar-refractivity contribution in [3.8, 4) is 22.5 Å². The van der Waals surface area contributed by atoms with Crippen LogP contribution in [-0.4, -0.2) is 9.13 Å². The van der Waals surface area contributed by atoms with Gasteiger partial charge in [0.15, 0.2) is 0 Å². The molecule has 0 atom stereocenters. The Hall–Kier alpha value is -6.12. The molecule has 10 aromatic rings. The molecule has 2 aromatic heterocycles. The van der Waals surface area contributed by atoms with Gasteiger partial charge in [-0.2, -0.15) is 0 Å². The smallest absolute Gasteiger partial charge is 0.0619 e. The van der Waals surface area contributed by atoms with E-state index in [1.807, 2.05) is 0 Å². The summed E-state index contributed by atoms with van der Waals surface area (Å²) in [6.45, 7) is 4.43. The van der Waals surface area contributed by atoms with E-state index < -0.39 is 0 Å². The molecule has 0 spiro atoms. The summed E-state index contributed by atoms with van der Waals surface area (Å²) in [5.41, 5.74) is 12.4. The number of hydrogen-bond acceptors (Lipinski definition) is 0. The second-order valence-electron chi connectivity index (χ2n) is 13.1. The highest BCUT2D eigenvalue weighted by Gasteiger charge is 2.19. The van der Waals surface area contributed by atoms with Crippen molar-refractivity contribution in [3.63, 3.8) is 0 Å². The molecule has 8 aromatic carbocycles. The molecule has 0 fully saturated rings. The van der Waals surface area contributed by atoms with Crippen LogP contribution in [0.4, 0.5) is 0 Å². The largest absolute Gasteiger partial charge is 0.309 e. The molecule has 2 heterocycles. The zero-order chi connectivity index (χ0) is 31.9. The second-order valence-corrected chi connectivity index (χ2v) is 13.1. The van der Waals surface area contributed by atoms with Gasteiger partial charge >= 0.3 is 0 Å². The number of para-hydroxylation sites is 2. The van der Waals surface area contributed by atoms with Crippen molar-refractivity contribution in [2.75, 3.05) is 0 Å². The quantitative estimate of drug-likeness (QED) is 0.188. The van der Waals surface area contributed by atoms with Crippen molar-refractivity contribution in [1.82, 2.24) is 9.13 Å². The van der Waals surface area contributed by atoms with E-state index in [2.05, 4.69) is 181 Å². The van der Waals surface area contributed by atoms with Gasteiger partial charge in [0.25, 0.3) is 0 Å². The zero-order valence-electron chi connectivity index (χ0n) is 26.9. The van der Waals surface area contributed by atoms with Crippen LogP contribution in [-0.2, 0) is 0 Å². The van der Waals surface area contributed by atoms with E-state index in [1.165, 1.54) is 98.8 Å². The van der Waals surface area contributed by atoms with Gasteiger partial charge < -0.3 is 9.13 Å². The van der Waals surface area contributed by atoms with Crippen LogP contribution in [0.3, 0.4) is 0 Å². The van der Waals surface area contributed by atoms with E-state index >= 15 is 0 Å². The van der Waals surface area contributed by atoms with Gasteiger partial charge in [0.05, 0.1) is 22.1 Å². The van der Waals surface area contributed by atoms with E-state index in [1.54, 1.807) is 0 Å². The average molecular weight is 613 g/mol. The molecule has 0 saturated carbocycles. The fourth-order valence-corrected chi connectivity index (χ4v) is 8.16. The Morgan fingerprint density at radius 2 is 1.02 bits per heavy atom. The molecule has 0 aliphatic carbocycles. The lowest BCUT2D eigenvalue weighted by atomic mass is 9.94. The highest BCUT2D eigenvalue weighted by atomic mass is 15.0. The molecule has 0 aliphatic rings. The van der Waals surface area contributed by atoms with Crippen molar-refractivity contribution >= 4 is 65.2 Å². The maximum Gasteiger partial charge on any atom is 0.0619 e. The normalized spacial score (nSPS) is 12.0. The van der Waals surface area contributed by atoms with Crippen molar-refractivity contribution < 1.29 is 0 Å². The van der Waals surface area contributed by atoms with Crippen LogP contribution >= 0.6 is 0 Å². The lowest BCUT2D eigenvalue weighted by Crippen LogP contribution is -1.94. The summed E-state index contributed by atoms with van der Waals surface area (Å²) < 4.78 is 4.86. The van der Waals surface area contributed by atoms with Gasteiger partial charge in [0.2, 0.25) is 0 Å². The van der Waals surface area contributed by atoms with E-state index in [4.69, 9.17) is 0 Å². The average Bonchev–Trinajstić information content (AvgIpc) is 3.64. The number of rotatable bonds is 3. The van der Waals surface area contributed by atoms with Gasteiger partial charge in [0.1, 0.15) is 0 Å². The molecule has 0 radical (unpaired) electrons. The Bertz CT molecular complexity index is 2890. The minimum atomic E-state index is 1.18. The summed E-state index contributed by atoms with van der Waals surface area (Å²) in [5, 5.41) is 10.3. The SMILES string of the molecule is Cc1ccc2c(c1)c1c3cccc(-c4ccc5c(c4)c4cc(C)c6ccccc6c4n5-c4ccccc4)c3ccc1n2-c1ccccc1. The fourth-order valence-electron chi connectivity index (χ4n) is 8.16. The summed E-state index contributed by atoms with van der Waals surface area (Å²) in [5.74, 6) is 0. The van der Waals surface area contributed by atoms with E-state index in [0.29, 0.717) is 0 Å². The third-order valence-electron chi connectivity index (χ3n) is 10.3. The predicted octanol–water partition coefficient (Wildman–Crippen LogP) is 12.5. The van der Waals surface area contributed by atoms with Crippen LogP contribution in [0.2, 0.25) is 0 Å². The standard InChI is InChI=1S/C46H32N2/c1-29-20-23-43-41(26-29)45-37-19-11-18-35(36(37)22-25-44(45)47(43)32-12-5-3-6-13-32)31-21-24-42-39(28-31)40-27-30(2)34-16-9-10-17-38(34)46(40)48(42)33-14-7-4-8-15-33/h3-28H,1-2H3. The van der Waals surface area contributed by atoms with Gasteiger partial charge in [-0.3, -0.25) is 0 Å². The lowest BCUT2D eigenvalue weighted by Gasteiger charge is -2.12. The first-order valence-electron chi connectivity index (χ1n) is 16.7. The van der Waals surface area contributed by atoms with Gasteiger partial charge in [-0.05, 0) is 107 Å². The molecule has 0 aliphatic heterocycles. The first-order chi connectivity index (χ1) is 23.7. The molecular formula is C46H32N2. The maximum atomic E-state index is 2.45. The first-order valence-corrected chi connectivity index (χ1v) is 16.7. The van der Waals surface area contributed by atoms with Crippen LogP contribution in [0.5, 0.6) is 0 Å². The molecule has 226 valence electrons. The molecule has 48 heavy (non-hydrogen) atoms. The van der Waals surface area contributed by atoms with Gasteiger partial charge in [-0.1, -0.05) is 103 Å². The number of aromatic nitrogens is 2. The van der Waals surface area contributed by atoms with Crippen molar-refractivity contribution in [2.24, 2.45) is 0 Å². The highest BCUT2D eigenvalue weighted by Crippen LogP contribution is 2.43. The van der Waals surface area contributed by atoms with Gasteiger partial charge in [-0.15, -0.1) is 0 Å². The second kappa shape index (κ2) is 10.2. The van der Waals surface area contributed by atoms with E-state index in [0.717, 1.165) is 0 Å². The Morgan fingerprint density at radius 3 is 1.81 bits per heavy atom. The molecule has 0 bridgehead atoms. The van der Waals surface area contributed by atoms with Crippen molar-refractivity contribution in [3.05, 3.63) is 169 Å². The number of nitrogens with zero attached hydrogens (tertiary/aromatic N) is 2. The third-order valence-corrected chi connectivity index (χ3v) is 10.3. The van der Waals surface area contributed by atoms with Crippen LogP contribution in [0, 0.1) is 13.8 Å². The van der Waals surface area contributed by atoms with Crippen LogP contribution < -0.4 is 0 Å². The maximum absolute atomic E-state index is 2.45. The highest BCUT2D eigenvalue weighted by molar-refractivity contribution is 6.24. The van der Waals surface area contributed by atoms with Crippen molar-refractivity contribution in [2.45, 2.75) is 13.8 Å². The molecule has 10 rings (SSSR count). The topological polar surface area (TPSA) is 9.86 Å². The van der Waals surface area contributed by atoms with Crippen LogP contribution in [0.15, 0.2) is 158 Å². The summed E-state index contributed by atoms with van der Waals surface area (Å²) >= 11 is 0. The van der Waals surface area contributed by atoms with Gasteiger partial charge in [0, 0.05) is 38.3 Å². The fraction of sp³-hybridized carbons (Fsp3) is 0.0435. The molecule has 0 N–H and O–H groups in total. The Labute approximate surface area is 278 Å². The van der Waals surface area contributed by atoms with Crippen LogP contribution in [0.1, 0.15) is 11.1 Å². The Kier molecular flexibility index (Phi) is 5.74. The van der Waals surface area contributed by atoms with Crippen LogP contribution in [0.25, 0.3) is 87.7 Å². The monoisotopic (exact) mass is 612 g/mol. The Morgan fingerprint density at radius 1 is 0.375 bits per heavy atom. The minimum absolute atomic E-state index is 1.18. The first kappa shape index (κ1) is 27.0. The minimum Gasteiger partial charge on any atom is -0.309 e. The third kappa shape index (κ3) is 3.80. The number of aryl methyl sites for hydroxylation is 2. The summed E-state index contributed by atoms with van der Waals surface area (Å²) in [6.07, 6.45) is 0. The number of hydrogen-bond donors (Lipinski definition) is 0. The van der Waals surface area contributed by atoms with Crippen molar-refractivity contribution in [1.29, 1.82) is 0 Å². The summed E-state index contributed by atoms with van der Waals surface area (Å²) in [4.78, 5) is 0. The molecule has 2 nitrogen and oxygen atoms in total. The van der Waals surface area contributed by atoms with E-state index in [9.17, 15) is 0 Å². The molecule has 0 saturated heterocycles. The molecule has 0 unspecified atom stereocenters. The summed E-state index contributed by atoms with van der Waals surface area (Å²) in [7, 11) is 0. The van der Waals surface area contributed by atoms with E-state index in [-0.39, 0.29) is 0 Å². The van der Waals surface area contributed by atoms with Gasteiger partial charge in [-0.25, -0.2) is 0 Å². The lowest BCUT2D eigenvalue weighted by molar-refractivity contribution is 1.18. The molecular weight excluding hydrogens is 581 g/mol. The molecule has 2 heteroatoms.